The van der Waals surface area contributed by atoms with Gasteiger partial charge in [-0.1, -0.05) is 0 Å². The monoisotopic (exact) mass is 329 g/mol. The number of alkyl halides is 3. The minimum Gasteiger partial charge on any atom is -0.388 e. The van der Waals surface area contributed by atoms with E-state index in [1.54, 1.807) is 28.7 Å². The summed E-state index contributed by atoms with van der Waals surface area (Å²) < 4.78 is 39.3. The Balaban J connectivity index is 3.13. The largest absolute Gasteiger partial charge is 0.574 e. The third-order valence-electron chi connectivity index (χ3n) is 1.30. The van der Waals surface area contributed by atoms with Gasteiger partial charge in [-0.25, -0.2) is 0 Å². The van der Waals surface area contributed by atoms with Crippen LogP contribution >= 0.6 is 22.6 Å². The highest BCUT2D eigenvalue weighted by Gasteiger charge is 2.32. The Labute approximate surface area is 96.0 Å². The van der Waals surface area contributed by atoms with Crippen LogP contribution in [0.1, 0.15) is 5.56 Å². The number of ether oxygens (including phenoxy) is 1. The second kappa shape index (κ2) is 4.09. The van der Waals surface area contributed by atoms with Crippen molar-refractivity contribution in [3.05, 3.63) is 15.2 Å². The maximum absolute atomic E-state index is 11.8. The summed E-state index contributed by atoms with van der Waals surface area (Å²) >= 11 is 1.71. The van der Waals surface area contributed by atoms with Crippen LogP contribution in [-0.2, 0) is 0 Å². The van der Waals surface area contributed by atoms with Crippen LogP contribution in [0.3, 0.4) is 0 Å². The molecule has 1 heterocycles. The fraction of sp³-hybridized carbons (Fsp3) is 0.143. The topological polar surface area (TPSA) is 71.9 Å². The van der Waals surface area contributed by atoms with Crippen molar-refractivity contribution < 1.29 is 17.9 Å². The number of rotatable bonds is 1. The minimum absolute atomic E-state index is 0.0117. The highest BCUT2D eigenvalue weighted by Crippen LogP contribution is 2.26. The summed E-state index contributed by atoms with van der Waals surface area (Å²) in [5, 5.41) is 8.59. The summed E-state index contributed by atoms with van der Waals surface area (Å²) in [7, 11) is 0. The van der Waals surface area contributed by atoms with E-state index < -0.39 is 12.2 Å². The van der Waals surface area contributed by atoms with Crippen molar-refractivity contribution in [1.29, 1.82) is 5.26 Å². The van der Waals surface area contributed by atoms with E-state index in [4.69, 9.17) is 11.0 Å². The SMILES string of the molecule is N#Cc1cc(OC(F)(F)F)nc(N)c1I. The van der Waals surface area contributed by atoms with Gasteiger partial charge in [-0.2, -0.15) is 10.2 Å². The van der Waals surface area contributed by atoms with E-state index in [1.807, 2.05) is 0 Å². The zero-order valence-electron chi connectivity index (χ0n) is 6.97. The average molecular weight is 329 g/mol. The number of nitrogens with two attached hydrogens (primary N) is 1. The van der Waals surface area contributed by atoms with Crippen LogP contribution in [0.5, 0.6) is 5.88 Å². The van der Waals surface area contributed by atoms with Gasteiger partial charge in [0.25, 0.3) is 0 Å². The second-order valence-corrected chi connectivity index (χ2v) is 3.45. The van der Waals surface area contributed by atoms with Crippen molar-refractivity contribution in [2.75, 3.05) is 5.73 Å². The predicted octanol–water partition coefficient (Wildman–Crippen LogP) is 2.04. The fourth-order valence-electron chi connectivity index (χ4n) is 0.777. The number of pyridine rings is 1. The molecule has 0 aliphatic carbocycles. The van der Waals surface area contributed by atoms with Gasteiger partial charge in [0.05, 0.1) is 9.13 Å². The van der Waals surface area contributed by atoms with Crippen LogP contribution in [0.15, 0.2) is 6.07 Å². The van der Waals surface area contributed by atoms with Crippen molar-refractivity contribution in [2.24, 2.45) is 0 Å². The van der Waals surface area contributed by atoms with Gasteiger partial charge >= 0.3 is 6.36 Å². The molecule has 0 aliphatic rings. The van der Waals surface area contributed by atoms with E-state index in [0.717, 1.165) is 6.07 Å². The number of hydrogen-bond donors (Lipinski definition) is 1. The Morgan fingerprint density at radius 2 is 2.13 bits per heavy atom. The molecule has 0 saturated carbocycles. The average Bonchev–Trinajstić information content (AvgIpc) is 2.08. The maximum atomic E-state index is 11.8. The Kier molecular flexibility index (Phi) is 3.23. The molecule has 0 aromatic carbocycles. The summed E-state index contributed by atoms with van der Waals surface area (Å²) in [6, 6.07) is 2.57. The normalized spacial score (nSPS) is 10.9. The summed E-state index contributed by atoms with van der Waals surface area (Å²) in [6.45, 7) is 0. The predicted molar refractivity (Wildman–Crippen MR) is 52.8 cm³/mol. The van der Waals surface area contributed by atoms with Gasteiger partial charge in [-0.05, 0) is 22.6 Å². The summed E-state index contributed by atoms with van der Waals surface area (Å²) in [6.07, 6.45) is -4.85. The fourth-order valence-corrected chi connectivity index (χ4v) is 1.17. The van der Waals surface area contributed by atoms with Crippen LogP contribution in [0, 0.1) is 14.9 Å². The Hall–Kier alpha value is -1.24. The molecular formula is C7H3F3IN3O. The molecule has 0 radical (unpaired) electrons. The first kappa shape index (κ1) is 11.8. The van der Waals surface area contributed by atoms with E-state index in [0.29, 0.717) is 3.57 Å². The molecule has 0 fully saturated rings. The molecule has 0 spiro atoms. The number of nitrogen functional groups attached to an aromatic ring is 1. The highest BCUT2D eigenvalue weighted by molar-refractivity contribution is 14.1. The summed E-state index contributed by atoms with van der Waals surface area (Å²) in [5.41, 5.74) is 5.29. The molecule has 1 aromatic rings. The number of nitrogens with zero attached hydrogens (tertiary/aromatic N) is 2. The lowest BCUT2D eigenvalue weighted by molar-refractivity contribution is -0.276. The molecule has 0 saturated heterocycles. The molecule has 0 unspecified atom stereocenters. The minimum atomic E-state index is -4.85. The molecule has 0 amide bonds. The van der Waals surface area contributed by atoms with Gasteiger partial charge in [0.15, 0.2) is 0 Å². The van der Waals surface area contributed by atoms with Crippen molar-refractivity contribution in [1.82, 2.24) is 4.98 Å². The molecule has 8 heteroatoms. The lowest BCUT2D eigenvalue weighted by Gasteiger charge is -2.09. The molecule has 80 valence electrons. The molecular weight excluding hydrogens is 326 g/mol. The van der Waals surface area contributed by atoms with E-state index >= 15 is 0 Å². The first-order chi connectivity index (χ1) is 6.83. The smallest absolute Gasteiger partial charge is 0.388 e. The van der Waals surface area contributed by atoms with Gasteiger partial charge in [-0.3, -0.25) is 0 Å². The Morgan fingerprint density at radius 3 is 2.60 bits per heavy atom. The molecule has 1 aromatic heterocycles. The van der Waals surface area contributed by atoms with Crippen LogP contribution in [0.25, 0.3) is 0 Å². The van der Waals surface area contributed by atoms with Crippen LogP contribution in [-0.4, -0.2) is 11.3 Å². The zero-order chi connectivity index (χ0) is 11.6. The molecule has 4 nitrogen and oxygen atoms in total. The summed E-state index contributed by atoms with van der Waals surface area (Å²) in [4.78, 5) is 3.34. The summed E-state index contributed by atoms with van der Waals surface area (Å²) in [5.74, 6) is -0.911. The van der Waals surface area contributed by atoms with E-state index in [-0.39, 0.29) is 11.4 Å². The van der Waals surface area contributed by atoms with Crippen molar-refractivity contribution >= 4 is 28.4 Å². The standard InChI is InChI=1S/C7H3F3IN3O/c8-7(9,10)15-4-1-3(2-12)5(11)6(13)14-4/h1H,(H2,13,14). The number of hydrogen-bond acceptors (Lipinski definition) is 4. The van der Waals surface area contributed by atoms with Crippen molar-refractivity contribution in [2.45, 2.75) is 6.36 Å². The van der Waals surface area contributed by atoms with Gasteiger partial charge in [0.2, 0.25) is 5.88 Å². The highest BCUT2D eigenvalue weighted by atomic mass is 127. The number of halogens is 4. The maximum Gasteiger partial charge on any atom is 0.574 e. The first-order valence-corrected chi connectivity index (χ1v) is 4.53. The third kappa shape index (κ3) is 3.12. The van der Waals surface area contributed by atoms with E-state index in [2.05, 4.69) is 9.72 Å². The molecule has 0 aliphatic heterocycles. The lowest BCUT2D eigenvalue weighted by atomic mass is 10.3. The van der Waals surface area contributed by atoms with Crippen molar-refractivity contribution in [3.8, 4) is 11.9 Å². The third-order valence-corrected chi connectivity index (χ3v) is 2.43. The molecule has 2 N–H and O–H groups in total. The van der Waals surface area contributed by atoms with E-state index in [9.17, 15) is 13.2 Å². The quantitative estimate of drug-likeness (QED) is 0.801. The van der Waals surface area contributed by atoms with Gasteiger partial charge in [0.1, 0.15) is 11.9 Å². The number of aromatic nitrogens is 1. The molecule has 1 rings (SSSR count). The van der Waals surface area contributed by atoms with Gasteiger partial charge in [-0.15, -0.1) is 13.2 Å². The Morgan fingerprint density at radius 1 is 1.53 bits per heavy atom. The lowest BCUT2D eigenvalue weighted by Crippen LogP contribution is -2.18. The number of anilines is 1. The molecule has 0 atom stereocenters. The van der Waals surface area contributed by atoms with Crippen LogP contribution < -0.4 is 10.5 Å². The van der Waals surface area contributed by atoms with Crippen molar-refractivity contribution in [3.63, 3.8) is 0 Å². The molecule has 0 bridgehead atoms. The van der Waals surface area contributed by atoms with Crippen LogP contribution in [0.4, 0.5) is 19.0 Å². The zero-order valence-corrected chi connectivity index (χ0v) is 9.13. The van der Waals surface area contributed by atoms with Crippen LogP contribution in [0.2, 0.25) is 0 Å². The first-order valence-electron chi connectivity index (χ1n) is 3.45. The number of nitriles is 1. The van der Waals surface area contributed by atoms with Gasteiger partial charge in [0, 0.05) is 6.07 Å². The Bertz CT molecular complexity index is 427. The van der Waals surface area contributed by atoms with E-state index in [1.165, 1.54) is 0 Å². The second-order valence-electron chi connectivity index (χ2n) is 2.37. The van der Waals surface area contributed by atoms with Gasteiger partial charge < -0.3 is 10.5 Å². The molecule has 15 heavy (non-hydrogen) atoms.